The van der Waals surface area contributed by atoms with Crippen molar-refractivity contribution in [2.45, 2.75) is 18.4 Å². The van der Waals surface area contributed by atoms with E-state index >= 15 is 0 Å². The highest BCUT2D eigenvalue weighted by Crippen LogP contribution is 2.17. The Morgan fingerprint density at radius 3 is 2.29 bits per heavy atom. The molecule has 0 aliphatic heterocycles. The van der Waals surface area contributed by atoms with Gasteiger partial charge in [0.15, 0.2) is 0 Å². The van der Waals surface area contributed by atoms with Crippen molar-refractivity contribution >= 4 is 15.7 Å². The number of sulfonamides is 1. The van der Waals surface area contributed by atoms with Gasteiger partial charge in [0.25, 0.3) is 0 Å². The molecule has 21 heavy (non-hydrogen) atoms. The van der Waals surface area contributed by atoms with Gasteiger partial charge in [0.2, 0.25) is 10.0 Å². The summed E-state index contributed by atoms with van der Waals surface area (Å²) in [6.07, 6.45) is 0. The van der Waals surface area contributed by atoms with Crippen molar-refractivity contribution in [1.82, 2.24) is 4.31 Å². The van der Waals surface area contributed by atoms with Crippen LogP contribution in [0, 0.1) is 6.92 Å². The third-order valence-electron chi connectivity index (χ3n) is 3.21. The van der Waals surface area contributed by atoms with Crippen LogP contribution in [-0.4, -0.2) is 26.8 Å². The number of nitrogens with one attached hydrogen (secondary N) is 1. The average Bonchev–Trinajstić information content (AvgIpc) is 2.45. The molecule has 2 aromatic rings. The number of aryl methyl sites for hydroxylation is 1. The molecular weight excluding hydrogens is 284 g/mol. The summed E-state index contributed by atoms with van der Waals surface area (Å²) in [5.41, 5.74) is 3.32. The van der Waals surface area contributed by atoms with E-state index in [2.05, 4.69) is 30.4 Å². The number of benzene rings is 2. The van der Waals surface area contributed by atoms with Crippen molar-refractivity contribution in [3.05, 3.63) is 59.7 Å². The highest BCUT2D eigenvalue weighted by atomic mass is 32.2. The topological polar surface area (TPSA) is 49.4 Å². The largest absolute Gasteiger partial charge is 0.381 e. The first-order valence-corrected chi connectivity index (χ1v) is 8.15. The number of hydrogen-bond acceptors (Lipinski definition) is 3. The van der Waals surface area contributed by atoms with Crippen LogP contribution in [0.2, 0.25) is 0 Å². The number of rotatable bonds is 5. The number of anilines is 1. The van der Waals surface area contributed by atoms with E-state index in [4.69, 9.17) is 0 Å². The standard InChI is InChI=1S/C16H20N2O2S/c1-13-5-4-6-14(11-13)12-17-15-7-9-16(10-8-15)21(19,20)18(2)3/h4-11,17H,12H2,1-3H3. The smallest absolute Gasteiger partial charge is 0.242 e. The van der Waals surface area contributed by atoms with Gasteiger partial charge in [-0.05, 0) is 36.8 Å². The monoisotopic (exact) mass is 304 g/mol. The van der Waals surface area contributed by atoms with E-state index < -0.39 is 10.0 Å². The maximum atomic E-state index is 12.0. The van der Waals surface area contributed by atoms with E-state index in [1.165, 1.54) is 29.5 Å². The molecule has 0 aromatic heterocycles. The van der Waals surface area contributed by atoms with Gasteiger partial charge in [0, 0.05) is 26.3 Å². The summed E-state index contributed by atoms with van der Waals surface area (Å²) >= 11 is 0. The molecule has 0 amide bonds. The predicted molar refractivity (Wildman–Crippen MR) is 85.8 cm³/mol. The van der Waals surface area contributed by atoms with E-state index in [0.717, 1.165) is 5.69 Å². The molecule has 0 bridgehead atoms. The van der Waals surface area contributed by atoms with E-state index in [9.17, 15) is 8.42 Å². The molecule has 0 radical (unpaired) electrons. The number of nitrogens with zero attached hydrogens (tertiary/aromatic N) is 1. The maximum Gasteiger partial charge on any atom is 0.242 e. The van der Waals surface area contributed by atoms with Crippen LogP contribution in [-0.2, 0) is 16.6 Å². The summed E-state index contributed by atoms with van der Waals surface area (Å²) in [6, 6.07) is 15.1. The highest BCUT2D eigenvalue weighted by molar-refractivity contribution is 7.89. The molecule has 0 fully saturated rings. The second-order valence-electron chi connectivity index (χ2n) is 5.15. The molecule has 0 spiro atoms. The molecule has 0 aliphatic carbocycles. The third-order valence-corrected chi connectivity index (χ3v) is 5.04. The number of hydrogen-bond donors (Lipinski definition) is 1. The zero-order chi connectivity index (χ0) is 15.5. The lowest BCUT2D eigenvalue weighted by Gasteiger charge is -2.12. The Morgan fingerprint density at radius 1 is 1.05 bits per heavy atom. The second-order valence-corrected chi connectivity index (χ2v) is 7.31. The van der Waals surface area contributed by atoms with Crippen molar-refractivity contribution < 1.29 is 8.42 Å². The first kappa shape index (κ1) is 15.5. The third kappa shape index (κ3) is 3.83. The Bertz CT molecular complexity index is 707. The predicted octanol–water partition coefficient (Wildman–Crippen LogP) is 2.86. The Kier molecular flexibility index (Phi) is 4.65. The fraction of sp³-hybridized carbons (Fsp3) is 0.250. The summed E-state index contributed by atoms with van der Waals surface area (Å²) in [4.78, 5) is 0.300. The fourth-order valence-corrected chi connectivity index (χ4v) is 2.88. The van der Waals surface area contributed by atoms with Crippen molar-refractivity contribution in [2.75, 3.05) is 19.4 Å². The van der Waals surface area contributed by atoms with Crippen LogP contribution in [0.4, 0.5) is 5.69 Å². The molecule has 0 heterocycles. The van der Waals surface area contributed by atoms with Crippen molar-refractivity contribution in [3.63, 3.8) is 0 Å². The summed E-state index contributed by atoms with van der Waals surface area (Å²) in [7, 11) is -0.307. The summed E-state index contributed by atoms with van der Waals surface area (Å²) in [5, 5.41) is 3.29. The molecular formula is C16H20N2O2S. The van der Waals surface area contributed by atoms with Crippen LogP contribution in [0.25, 0.3) is 0 Å². The van der Waals surface area contributed by atoms with Crippen LogP contribution in [0.5, 0.6) is 0 Å². The van der Waals surface area contributed by atoms with Gasteiger partial charge in [-0.2, -0.15) is 0 Å². The Morgan fingerprint density at radius 2 is 1.71 bits per heavy atom. The average molecular weight is 304 g/mol. The maximum absolute atomic E-state index is 12.0. The van der Waals surface area contributed by atoms with Crippen LogP contribution < -0.4 is 5.32 Å². The SMILES string of the molecule is Cc1cccc(CNc2ccc(S(=O)(=O)N(C)C)cc2)c1. The Labute approximate surface area is 126 Å². The Hall–Kier alpha value is -1.85. The van der Waals surface area contributed by atoms with Gasteiger partial charge < -0.3 is 5.32 Å². The van der Waals surface area contributed by atoms with Crippen LogP contribution in [0.15, 0.2) is 53.4 Å². The molecule has 4 nitrogen and oxygen atoms in total. The molecule has 5 heteroatoms. The molecule has 2 aromatic carbocycles. The first-order chi connectivity index (χ1) is 9.89. The van der Waals surface area contributed by atoms with Gasteiger partial charge in [0.1, 0.15) is 0 Å². The summed E-state index contributed by atoms with van der Waals surface area (Å²) < 4.78 is 25.1. The lowest BCUT2D eigenvalue weighted by atomic mass is 10.1. The lowest BCUT2D eigenvalue weighted by Crippen LogP contribution is -2.22. The second kappa shape index (κ2) is 6.28. The van der Waals surface area contributed by atoms with Crippen LogP contribution in [0.3, 0.4) is 0 Å². The minimum atomic E-state index is -3.36. The Balaban J connectivity index is 2.07. The molecule has 112 valence electrons. The molecule has 0 atom stereocenters. The molecule has 0 saturated carbocycles. The summed E-state index contributed by atoms with van der Waals surface area (Å²) in [6.45, 7) is 2.77. The molecule has 0 unspecified atom stereocenters. The lowest BCUT2D eigenvalue weighted by molar-refractivity contribution is 0.521. The van der Waals surface area contributed by atoms with Crippen molar-refractivity contribution in [1.29, 1.82) is 0 Å². The van der Waals surface area contributed by atoms with Gasteiger partial charge in [-0.25, -0.2) is 12.7 Å². The zero-order valence-corrected chi connectivity index (χ0v) is 13.3. The van der Waals surface area contributed by atoms with Gasteiger partial charge in [-0.3, -0.25) is 0 Å². The van der Waals surface area contributed by atoms with E-state index in [0.29, 0.717) is 11.4 Å². The highest BCUT2D eigenvalue weighted by Gasteiger charge is 2.16. The van der Waals surface area contributed by atoms with E-state index in [-0.39, 0.29) is 0 Å². The van der Waals surface area contributed by atoms with E-state index in [1.807, 2.05) is 6.07 Å². The quantitative estimate of drug-likeness (QED) is 0.924. The molecule has 1 N–H and O–H groups in total. The van der Waals surface area contributed by atoms with Crippen LogP contribution in [0.1, 0.15) is 11.1 Å². The summed E-state index contributed by atoms with van der Waals surface area (Å²) in [5.74, 6) is 0. The van der Waals surface area contributed by atoms with Crippen molar-refractivity contribution in [2.24, 2.45) is 0 Å². The molecule has 0 aliphatic rings. The zero-order valence-electron chi connectivity index (χ0n) is 12.5. The van der Waals surface area contributed by atoms with Crippen LogP contribution >= 0.6 is 0 Å². The normalized spacial score (nSPS) is 11.6. The van der Waals surface area contributed by atoms with Gasteiger partial charge in [-0.1, -0.05) is 29.8 Å². The van der Waals surface area contributed by atoms with Gasteiger partial charge in [-0.15, -0.1) is 0 Å². The fourth-order valence-electron chi connectivity index (χ4n) is 1.98. The minimum Gasteiger partial charge on any atom is -0.381 e. The minimum absolute atomic E-state index is 0.300. The van der Waals surface area contributed by atoms with Crippen molar-refractivity contribution in [3.8, 4) is 0 Å². The molecule has 0 saturated heterocycles. The van der Waals surface area contributed by atoms with Gasteiger partial charge >= 0.3 is 0 Å². The van der Waals surface area contributed by atoms with Gasteiger partial charge in [0.05, 0.1) is 4.90 Å². The van der Waals surface area contributed by atoms with E-state index in [1.54, 1.807) is 24.3 Å². The first-order valence-electron chi connectivity index (χ1n) is 6.71. The molecule has 2 rings (SSSR count).